The third kappa shape index (κ3) is 3.14. The van der Waals surface area contributed by atoms with Gasteiger partial charge >= 0.3 is 0 Å². The number of aryl methyl sites for hydroxylation is 1. The Morgan fingerprint density at radius 2 is 2.32 bits per heavy atom. The Hall–Kier alpha value is -2.26. The predicted octanol–water partition coefficient (Wildman–Crippen LogP) is 2.21. The summed E-state index contributed by atoms with van der Waals surface area (Å²) >= 11 is 1.55. The van der Waals surface area contributed by atoms with Crippen molar-refractivity contribution in [2.45, 2.75) is 19.9 Å². The second-order valence-corrected chi connectivity index (χ2v) is 5.09. The Morgan fingerprint density at radius 1 is 1.53 bits per heavy atom. The van der Waals surface area contributed by atoms with Gasteiger partial charge in [-0.2, -0.15) is 5.26 Å². The Labute approximate surface area is 114 Å². The van der Waals surface area contributed by atoms with Crippen molar-refractivity contribution in [3.05, 3.63) is 45.7 Å². The molecule has 1 unspecified atom stereocenters. The van der Waals surface area contributed by atoms with Crippen LogP contribution < -0.4 is 5.32 Å². The summed E-state index contributed by atoms with van der Waals surface area (Å²) < 4.78 is 0. The topological polar surface area (TPSA) is 78.7 Å². The lowest BCUT2D eigenvalue weighted by Crippen LogP contribution is -2.27. The third-order valence-corrected chi connectivity index (χ3v) is 3.36. The third-order valence-electron chi connectivity index (χ3n) is 2.57. The molecule has 0 spiro atoms. The number of nitrogens with one attached hydrogen (secondary N) is 1. The second-order valence-electron chi connectivity index (χ2n) is 4.03. The first-order valence-corrected chi connectivity index (χ1v) is 6.57. The number of amides is 1. The number of thiazole rings is 1. The van der Waals surface area contributed by atoms with E-state index in [9.17, 15) is 4.79 Å². The summed E-state index contributed by atoms with van der Waals surface area (Å²) in [5, 5.41) is 14.4. The van der Waals surface area contributed by atoms with Crippen molar-refractivity contribution in [3.63, 3.8) is 0 Å². The fourth-order valence-electron chi connectivity index (χ4n) is 1.53. The molecule has 0 saturated heterocycles. The van der Waals surface area contributed by atoms with Crippen molar-refractivity contribution in [1.82, 2.24) is 15.3 Å². The van der Waals surface area contributed by atoms with Gasteiger partial charge in [0.1, 0.15) is 11.8 Å². The van der Waals surface area contributed by atoms with Gasteiger partial charge in [-0.25, -0.2) is 9.97 Å². The molecule has 5 nitrogen and oxygen atoms in total. The highest BCUT2D eigenvalue weighted by Crippen LogP contribution is 2.16. The van der Waals surface area contributed by atoms with E-state index in [4.69, 9.17) is 5.26 Å². The van der Waals surface area contributed by atoms with Crippen LogP contribution in [0.1, 0.15) is 39.7 Å². The van der Waals surface area contributed by atoms with E-state index in [0.29, 0.717) is 11.3 Å². The molecular weight excluding hydrogens is 260 g/mol. The van der Waals surface area contributed by atoms with Crippen LogP contribution in [-0.4, -0.2) is 15.9 Å². The number of hydrogen-bond acceptors (Lipinski definition) is 5. The highest BCUT2D eigenvalue weighted by Gasteiger charge is 2.13. The van der Waals surface area contributed by atoms with Gasteiger partial charge in [-0.1, -0.05) is 0 Å². The quantitative estimate of drug-likeness (QED) is 0.929. The lowest BCUT2D eigenvalue weighted by molar-refractivity contribution is 0.0939. The van der Waals surface area contributed by atoms with Gasteiger partial charge in [-0.3, -0.25) is 4.79 Å². The molecule has 1 N–H and O–H groups in total. The summed E-state index contributed by atoms with van der Waals surface area (Å²) in [4.78, 5) is 20.2. The number of nitriles is 1. The van der Waals surface area contributed by atoms with E-state index in [0.717, 1.165) is 10.7 Å². The van der Waals surface area contributed by atoms with Crippen LogP contribution in [0.3, 0.4) is 0 Å². The van der Waals surface area contributed by atoms with E-state index in [2.05, 4.69) is 15.3 Å². The number of rotatable bonds is 3. The summed E-state index contributed by atoms with van der Waals surface area (Å²) in [7, 11) is 0. The maximum absolute atomic E-state index is 12.0. The fourth-order valence-corrected chi connectivity index (χ4v) is 2.23. The van der Waals surface area contributed by atoms with Crippen molar-refractivity contribution < 1.29 is 4.79 Å². The number of hydrogen-bond donors (Lipinski definition) is 1. The molecule has 19 heavy (non-hydrogen) atoms. The van der Waals surface area contributed by atoms with E-state index in [-0.39, 0.29) is 11.9 Å². The summed E-state index contributed by atoms with van der Waals surface area (Å²) in [6.07, 6.45) is 1.40. The monoisotopic (exact) mass is 272 g/mol. The molecule has 0 fully saturated rings. The molecule has 0 bridgehead atoms. The van der Waals surface area contributed by atoms with E-state index < -0.39 is 0 Å². The fraction of sp³-hybridized carbons (Fsp3) is 0.231. The van der Waals surface area contributed by atoms with Crippen LogP contribution >= 0.6 is 11.3 Å². The summed E-state index contributed by atoms with van der Waals surface area (Å²) in [6, 6.07) is 4.86. The van der Waals surface area contributed by atoms with Crippen LogP contribution in [-0.2, 0) is 0 Å². The summed E-state index contributed by atoms with van der Waals surface area (Å²) in [6.45, 7) is 3.80. The molecule has 2 rings (SSSR count). The molecule has 0 aliphatic carbocycles. The van der Waals surface area contributed by atoms with Crippen LogP contribution in [0.5, 0.6) is 0 Å². The van der Waals surface area contributed by atoms with E-state index in [1.807, 2.05) is 25.3 Å². The molecule has 0 radical (unpaired) electrons. The van der Waals surface area contributed by atoms with E-state index in [1.54, 1.807) is 17.4 Å². The van der Waals surface area contributed by atoms with Crippen LogP contribution in [0.2, 0.25) is 0 Å². The van der Waals surface area contributed by atoms with Gasteiger partial charge in [0.2, 0.25) is 0 Å². The average Bonchev–Trinajstić information content (AvgIpc) is 2.85. The van der Waals surface area contributed by atoms with Crippen molar-refractivity contribution in [1.29, 1.82) is 5.26 Å². The zero-order valence-corrected chi connectivity index (χ0v) is 11.4. The van der Waals surface area contributed by atoms with Gasteiger partial charge in [0.05, 0.1) is 22.3 Å². The molecule has 2 aromatic rings. The van der Waals surface area contributed by atoms with Crippen molar-refractivity contribution >= 4 is 17.2 Å². The number of carbonyl (C=O) groups is 1. The van der Waals surface area contributed by atoms with Crippen LogP contribution in [0.15, 0.2) is 23.7 Å². The number of pyridine rings is 1. The Morgan fingerprint density at radius 3 is 2.84 bits per heavy atom. The van der Waals surface area contributed by atoms with Crippen LogP contribution in [0.25, 0.3) is 0 Å². The van der Waals surface area contributed by atoms with Crippen LogP contribution in [0, 0.1) is 18.3 Å². The molecule has 0 aliphatic heterocycles. The molecule has 1 atom stereocenters. The zero-order chi connectivity index (χ0) is 13.8. The van der Waals surface area contributed by atoms with Crippen LogP contribution in [0.4, 0.5) is 0 Å². The molecule has 6 heteroatoms. The molecule has 1 amide bonds. The average molecular weight is 272 g/mol. The second kappa shape index (κ2) is 5.59. The zero-order valence-electron chi connectivity index (χ0n) is 10.5. The molecule has 2 heterocycles. The largest absolute Gasteiger partial charge is 0.344 e. The maximum atomic E-state index is 12.0. The highest BCUT2D eigenvalue weighted by molar-refractivity contribution is 7.09. The Bertz CT molecular complexity index is 627. The minimum atomic E-state index is -0.227. The van der Waals surface area contributed by atoms with Crippen molar-refractivity contribution in [2.24, 2.45) is 0 Å². The van der Waals surface area contributed by atoms with Gasteiger partial charge < -0.3 is 5.32 Å². The summed E-state index contributed by atoms with van der Waals surface area (Å²) in [5.74, 6) is -0.227. The first-order valence-electron chi connectivity index (χ1n) is 5.69. The standard InChI is InChI=1S/C13H12N4OS/c1-8(12-7-19-9(2)17-12)16-13(18)10-3-4-11(5-14)15-6-10/h3-4,6-8H,1-2H3,(H,16,18). The Kier molecular flexibility index (Phi) is 3.88. The maximum Gasteiger partial charge on any atom is 0.253 e. The van der Waals surface area contributed by atoms with Gasteiger partial charge in [0.15, 0.2) is 0 Å². The normalized spacial score (nSPS) is 11.6. The lowest BCUT2D eigenvalue weighted by Gasteiger charge is -2.11. The number of aromatic nitrogens is 2. The van der Waals surface area contributed by atoms with Crippen molar-refractivity contribution in [3.8, 4) is 6.07 Å². The molecule has 0 saturated carbocycles. The Balaban J connectivity index is 2.06. The van der Waals surface area contributed by atoms with Crippen molar-refractivity contribution in [2.75, 3.05) is 0 Å². The first-order chi connectivity index (χ1) is 9.10. The van der Waals surface area contributed by atoms with Gasteiger partial charge in [-0.05, 0) is 26.0 Å². The number of nitrogens with zero attached hydrogens (tertiary/aromatic N) is 3. The highest BCUT2D eigenvalue weighted by atomic mass is 32.1. The smallest absolute Gasteiger partial charge is 0.253 e. The minimum absolute atomic E-state index is 0.159. The van der Waals surface area contributed by atoms with Gasteiger partial charge in [0.25, 0.3) is 5.91 Å². The molecule has 2 aromatic heterocycles. The van der Waals surface area contributed by atoms with E-state index in [1.165, 1.54) is 12.3 Å². The summed E-state index contributed by atoms with van der Waals surface area (Å²) in [5.41, 5.74) is 1.56. The molecule has 0 aromatic carbocycles. The molecular formula is C13H12N4OS. The SMILES string of the molecule is Cc1nc(C(C)NC(=O)c2ccc(C#N)nc2)cs1. The molecule has 0 aliphatic rings. The number of carbonyl (C=O) groups excluding carboxylic acids is 1. The molecule has 96 valence electrons. The van der Waals surface area contributed by atoms with Gasteiger partial charge in [-0.15, -0.1) is 11.3 Å². The lowest BCUT2D eigenvalue weighted by atomic mass is 10.2. The predicted molar refractivity (Wildman–Crippen MR) is 71.7 cm³/mol. The minimum Gasteiger partial charge on any atom is -0.344 e. The van der Waals surface area contributed by atoms with Gasteiger partial charge in [0, 0.05) is 11.6 Å². The first kappa shape index (κ1) is 13.2. The van der Waals surface area contributed by atoms with E-state index >= 15 is 0 Å².